The Kier molecular flexibility index (Phi) is 12.6. The number of carboxylic acids is 2. The van der Waals surface area contributed by atoms with Crippen molar-refractivity contribution < 1.29 is 56.4 Å². The van der Waals surface area contributed by atoms with Crippen LogP contribution in [0.15, 0.2) is 0 Å². The smallest absolute Gasteiger partial charge is 0.475 e. The van der Waals surface area contributed by atoms with Crippen LogP contribution >= 0.6 is 0 Å². The lowest BCUT2D eigenvalue weighted by molar-refractivity contribution is -0.193. The second-order valence-corrected chi connectivity index (χ2v) is 2.28. The summed E-state index contributed by atoms with van der Waals surface area (Å²) in [5.41, 5.74) is 0. The fourth-order valence-electron chi connectivity index (χ4n) is 0.112. The first-order valence-electron chi connectivity index (χ1n) is 4.08. The number of aliphatic carboxylic acids is 2. The molecule has 0 atom stereocenters. The van der Waals surface area contributed by atoms with Gasteiger partial charge < -0.3 is 20.4 Å². The van der Waals surface area contributed by atoms with Gasteiger partial charge >= 0.3 is 24.3 Å². The average molecular weight is 314 g/mol. The normalized spacial score (nSPS) is 9.80. The summed E-state index contributed by atoms with van der Waals surface area (Å²) in [6.07, 6.45) is -10.2. The van der Waals surface area contributed by atoms with E-state index in [0.29, 0.717) is 0 Å². The topological polar surface area (TPSA) is 115 Å². The molecular formula is C8H8F6O6. The summed E-state index contributed by atoms with van der Waals surface area (Å²) >= 11 is 0. The molecule has 0 fully saturated rings. The Morgan fingerprint density at radius 3 is 0.950 bits per heavy atom. The second kappa shape index (κ2) is 10.9. The van der Waals surface area contributed by atoms with Gasteiger partial charge in [-0.15, -0.1) is 0 Å². The van der Waals surface area contributed by atoms with Crippen molar-refractivity contribution in [3.05, 3.63) is 0 Å². The number of rotatable bonds is 0. The molecule has 0 radical (unpaired) electrons. The number of aliphatic hydroxyl groups excluding tert-OH is 2. The molecule has 0 aliphatic rings. The van der Waals surface area contributed by atoms with E-state index in [9.17, 15) is 26.3 Å². The van der Waals surface area contributed by atoms with Crippen molar-refractivity contribution >= 4 is 11.9 Å². The molecule has 0 aromatic heterocycles. The molecule has 0 aliphatic carbocycles. The van der Waals surface area contributed by atoms with E-state index in [4.69, 9.17) is 30.0 Å². The lowest BCUT2D eigenvalue weighted by atomic mass is 10.6. The molecule has 0 aromatic rings. The minimum absolute atomic E-state index is 0.166. The maximum absolute atomic E-state index is 10.6. The van der Waals surface area contributed by atoms with Crippen LogP contribution in [0.25, 0.3) is 0 Å². The Bertz CT molecular complexity index is 317. The number of hydrogen-bond donors (Lipinski definition) is 4. The lowest BCUT2D eigenvalue weighted by Gasteiger charge is -1.93. The molecule has 0 saturated heterocycles. The third kappa shape index (κ3) is 21.3. The van der Waals surface area contributed by atoms with Gasteiger partial charge in [-0.3, -0.25) is 0 Å². The number of carboxylic acid groups (broad SMARTS) is 2. The largest absolute Gasteiger partial charge is 0.490 e. The van der Waals surface area contributed by atoms with E-state index in [0.717, 1.165) is 0 Å². The summed E-state index contributed by atoms with van der Waals surface area (Å²) in [5.74, 6) is -1.01. The van der Waals surface area contributed by atoms with E-state index in [-0.39, 0.29) is 13.2 Å². The van der Waals surface area contributed by atoms with E-state index in [1.807, 2.05) is 0 Å². The van der Waals surface area contributed by atoms with Crippen molar-refractivity contribution in [1.82, 2.24) is 0 Å². The standard InChI is InChI=1S/C4H6O2.2C2HF3O2/c5-3-1-2-4-6;2*3-2(4,5)1(6)7/h5-6H,3-4H2;2*(H,6,7). The van der Waals surface area contributed by atoms with Gasteiger partial charge in [-0.2, -0.15) is 26.3 Å². The number of carbonyl (C=O) groups is 2. The molecule has 0 aliphatic heterocycles. The molecule has 20 heavy (non-hydrogen) atoms. The van der Waals surface area contributed by atoms with E-state index in [2.05, 4.69) is 11.8 Å². The Morgan fingerprint density at radius 2 is 0.900 bits per heavy atom. The molecule has 0 aromatic carbocycles. The van der Waals surface area contributed by atoms with Gasteiger partial charge in [-0.05, 0) is 0 Å². The minimum atomic E-state index is -5.08. The van der Waals surface area contributed by atoms with Gasteiger partial charge in [0.05, 0.1) is 0 Å². The van der Waals surface area contributed by atoms with E-state index in [1.165, 1.54) is 0 Å². The van der Waals surface area contributed by atoms with Gasteiger partial charge in [0.1, 0.15) is 13.2 Å². The van der Waals surface area contributed by atoms with Gasteiger partial charge in [-0.25, -0.2) is 9.59 Å². The summed E-state index contributed by atoms with van der Waals surface area (Å²) in [6.45, 7) is -0.332. The molecule has 0 heterocycles. The van der Waals surface area contributed by atoms with Crippen LogP contribution in [0, 0.1) is 11.8 Å². The molecule has 0 spiro atoms. The van der Waals surface area contributed by atoms with Crippen molar-refractivity contribution in [2.24, 2.45) is 0 Å². The predicted molar refractivity (Wildman–Crippen MR) is 49.3 cm³/mol. The molecular weight excluding hydrogens is 306 g/mol. The van der Waals surface area contributed by atoms with Gasteiger partial charge in [0.15, 0.2) is 0 Å². The number of aliphatic hydroxyl groups is 2. The van der Waals surface area contributed by atoms with Crippen molar-refractivity contribution in [3.8, 4) is 11.8 Å². The predicted octanol–water partition coefficient (Wildman–Crippen LogP) is 0.241. The zero-order valence-corrected chi connectivity index (χ0v) is 9.29. The molecule has 0 unspecified atom stereocenters. The highest BCUT2D eigenvalue weighted by molar-refractivity contribution is 5.73. The van der Waals surface area contributed by atoms with Crippen molar-refractivity contribution in [1.29, 1.82) is 0 Å². The summed E-state index contributed by atoms with van der Waals surface area (Å²) in [4.78, 5) is 17.8. The molecule has 118 valence electrons. The van der Waals surface area contributed by atoms with E-state index < -0.39 is 24.3 Å². The Morgan fingerprint density at radius 1 is 0.750 bits per heavy atom. The number of hydrogen-bond acceptors (Lipinski definition) is 4. The van der Waals surface area contributed by atoms with Crippen molar-refractivity contribution in [3.63, 3.8) is 0 Å². The maximum atomic E-state index is 10.6. The minimum Gasteiger partial charge on any atom is -0.475 e. The molecule has 0 rings (SSSR count). The lowest BCUT2D eigenvalue weighted by Crippen LogP contribution is -2.21. The quantitative estimate of drug-likeness (QED) is 0.376. The van der Waals surface area contributed by atoms with Crippen LogP contribution in [-0.4, -0.2) is 57.9 Å². The van der Waals surface area contributed by atoms with Crippen LogP contribution in [0.4, 0.5) is 26.3 Å². The Hall–Kier alpha value is -2.00. The van der Waals surface area contributed by atoms with Gasteiger partial charge in [-0.1, -0.05) is 11.8 Å². The first kappa shape index (κ1) is 23.1. The van der Waals surface area contributed by atoms with Gasteiger partial charge in [0, 0.05) is 0 Å². The van der Waals surface area contributed by atoms with Crippen LogP contribution in [0.3, 0.4) is 0 Å². The Labute approximate surface area is 107 Å². The zero-order valence-electron chi connectivity index (χ0n) is 9.29. The number of alkyl halides is 6. The van der Waals surface area contributed by atoms with Crippen molar-refractivity contribution in [2.45, 2.75) is 12.4 Å². The van der Waals surface area contributed by atoms with Crippen LogP contribution in [0.2, 0.25) is 0 Å². The van der Waals surface area contributed by atoms with Crippen molar-refractivity contribution in [2.75, 3.05) is 13.2 Å². The first-order valence-corrected chi connectivity index (χ1v) is 4.08. The summed E-state index contributed by atoms with van der Waals surface area (Å²) < 4.78 is 63.5. The summed E-state index contributed by atoms with van der Waals surface area (Å²) in [6, 6.07) is 0. The maximum Gasteiger partial charge on any atom is 0.490 e. The Balaban J connectivity index is -0.000000218. The fourth-order valence-corrected chi connectivity index (χ4v) is 0.112. The van der Waals surface area contributed by atoms with Gasteiger partial charge in [0.2, 0.25) is 0 Å². The summed E-state index contributed by atoms with van der Waals surface area (Å²) in [5, 5.41) is 30.1. The van der Waals surface area contributed by atoms with E-state index in [1.54, 1.807) is 0 Å². The third-order valence-corrected chi connectivity index (χ3v) is 0.768. The molecule has 4 N–H and O–H groups in total. The molecule has 0 saturated carbocycles. The summed E-state index contributed by atoms with van der Waals surface area (Å²) in [7, 11) is 0. The molecule has 0 amide bonds. The highest BCUT2D eigenvalue weighted by Crippen LogP contribution is 2.13. The molecule has 12 heteroatoms. The average Bonchev–Trinajstić information content (AvgIpc) is 2.25. The van der Waals surface area contributed by atoms with Crippen LogP contribution in [0.5, 0.6) is 0 Å². The van der Waals surface area contributed by atoms with E-state index >= 15 is 0 Å². The van der Waals surface area contributed by atoms with Crippen LogP contribution in [0.1, 0.15) is 0 Å². The third-order valence-electron chi connectivity index (χ3n) is 0.768. The fraction of sp³-hybridized carbons (Fsp3) is 0.500. The number of halogens is 6. The molecule has 6 nitrogen and oxygen atoms in total. The highest BCUT2D eigenvalue weighted by Gasteiger charge is 2.38. The first-order chi connectivity index (χ1) is 8.80. The molecule has 0 bridgehead atoms. The van der Waals surface area contributed by atoms with Gasteiger partial charge in [0.25, 0.3) is 0 Å². The highest BCUT2D eigenvalue weighted by atomic mass is 19.4. The monoisotopic (exact) mass is 314 g/mol. The SMILES string of the molecule is O=C(O)C(F)(F)F.O=C(O)C(F)(F)F.OCC#CCO. The van der Waals surface area contributed by atoms with Crippen LogP contribution in [-0.2, 0) is 9.59 Å². The second-order valence-electron chi connectivity index (χ2n) is 2.28. The van der Waals surface area contributed by atoms with Crippen LogP contribution < -0.4 is 0 Å². The zero-order chi connectivity index (χ0) is 17.0.